The second kappa shape index (κ2) is 4.97. The number of benzene rings is 1. The van der Waals surface area contributed by atoms with Crippen LogP contribution in [0.5, 0.6) is 5.75 Å². The topological polar surface area (TPSA) is 60.7 Å². The maximum absolute atomic E-state index is 10.7. The maximum atomic E-state index is 10.7. The Balaban J connectivity index is 1.69. The van der Waals surface area contributed by atoms with Gasteiger partial charge in [-0.05, 0) is 78.5 Å². The average molecular weight is 302 g/mol. The molecular weight excluding hydrogens is 276 g/mol. The minimum Gasteiger partial charge on any atom is -0.508 e. The van der Waals surface area contributed by atoms with Crippen molar-refractivity contribution in [2.75, 3.05) is 6.61 Å². The molecule has 2 fully saturated rings. The largest absolute Gasteiger partial charge is 0.508 e. The molecule has 1 aromatic carbocycles. The fourth-order valence-electron chi connectivity index (χ4n) is 5.90. The molecule has 3 nitrogen and oxygen atoms in total. The van der Waals surface area contributed by atoms with E-state index in [1.54, 1.807) is 0 Å². The van der Waals surface area contributed by atoms with Crippen molar-refractivity contribution in [2.45, 2.75) is 51.0 Å². The van der Waals surface area contributed by atoms with Gasteiger partial charge in [-0.25, -0.2) is 0 Å². The minimum absolute atomic E-state index is 0.0248. The van der Waals surface area contributed by atoms with Crippen molar-refractivity contribution in [1.29, 1.82) is 0 Å². The van der Waals surface area contributed by atoms with Crippen molar-refractivity contribution in [2.24, 2.45) is 23.2 Å². The predicted molar refractivity (Wildman–Crippen MR) is 84.7 cm³/mol. The lowest BCUT2D eigenvalue weighted by Gasteiger charge is -2.50. The molecule has 0 bridgehead atoms. The molecule has 3 aliphatic carbocycles. The van der Waals surface area contributed by atoms with Crippen molar-refractivity contribution >= 4 is 0 Å². The third kappa shape index (κ3) is 1.88. The Kier molecular flexibility index (Phi) is 3.28. The minimum atomic E-state index is -0.357. The van der Waals surface area contributed by atoms with E-state index in [9.17, 15) is 15.3 Å². The number of hydrogen-bond acceptors (Lipinski definition) is 3. The summed E-state index contributed by atoms with van der Waals surface area (Å²) in [7, 11) is 0. The van der Waals surface area contributed by atoms with Gasteiger partial charge in [0.1, 0.15) is 5.75 Å². The normalized spacial score (nSPS) is 43.3. The molecule has 0 aromatic heterocycles. The number of hydrogen-bond donors (Lipinski definition) is 3. The van der Waals surface area contributed by atoms with Crippen LogP contribution in [-0.4, -0.2) is 28.0 Å². The summed E-state index contributed by atoms with van der Waals surface area (Å²) in [6.45, 7) is 2.34. The van der Waals surface area contributed by atoms with Gasteiger partial charge in [0.2, 0.25) is 0 Å². The molecule has 0 amide bonds. The van der Waals surface area contributed by atoms with Gasteiger partial charge in [-0.3, -0.25) is 0 Å². The summed E-state index contributed by atoms with van der Waals surface area (Å²) in [4.78, 5) is 0. The van der Waals surface area contributed by atoms with E-state index >= 15 is 0 Å². The Hall–Kier alpha value is -1.06. The zero-order valence-corrected chi connectivity index (χ0v) is 13.2. The zero-order valence-electron chi connectivity index (χ0n) is 13.2. The molecule has 6 atom stereocenters. The molecule has 2 saturated carbocycles. The lowest BCUT2D eigenvalue weighted by atomic mass is 9.55. The average Bonchev–Trinajstić information content (AvgIpc) is 2.78. The van der Waals surface area contributed by atoms with E-state index in [1.807, 2.05) is 12.1 Å². The Bertz CT molecular complexity index is 584. The number of aryl methyl sites for hydroxylation is 1. The molecule has 3 aliphatic rings. The first-order chi connectivity index (χ1) is 10.5. The summed E-state index contributed by atoms with van der Waals surface area (Å²) in [6.07, 6.45) is 4.93. The van der Waals surface area contributed by atoms with Crippen LogP contribution in [0.4, 0.5) is 0 Å². The van der Waals surface area contributed by atoms with Gasteiger partial charge >= 0.3 is 0 Å². The zero-order chi connectivity index (χ0) is 15.5. The van der Waals surface area contributed by atoms with Crippen molar-refractivity contribution in [3.8, 4) is 5.75 Å². The van der Waals surface area contributed by atoms with Crippen molar-refractivity contribution < 1.29 is 15.3 Å². The molecule has 3 heteroatoms. The van der Waals surface area contributed by atoms with Crippen LogP contribution < -0.4 is 0 Å². The molecule has 0 radical (unpaired) electrons. The van der Waals surface area contributed by atoms with Crippen LogP contribution in [-0.2, 0) is 6.42 Å². The maximum Gasteiger partial charge on any atom is 0.115 e. The van der Waals surface area contributed by atoms with E-state index in [4.69, 9.17) is 0 Å². The highest BCUT2D eigenvalue weighted by Gasteiger charge is 2.57. The number of fused-ring (bicyclic) bond motifs is 5. The standard InChI is InChI=1S/C19H26O3/c1-19-7-6-15-14-5-3-13(21)8-11(14)2-4-16(15)17(19)9-12(10-20)18(19)22/h3,5,8,12,15-18,20-22H,2,4,6-7,9-10H2,1H3/t12-,15?,16?,17?,18+,19+/m1/s1. The number of phenols is 1. The van der Waals surface area contributed by atoms with E-state index in [-0.39, 0.29) is 24.0 Å². The van der Waals surface area contributed by atoms with Gasteiger partial charge in [-0.1, -0.05) is 13.0 Å². The lowest BCUT2D eigenvalue weighted by Crippen LogP contribution is -2.44. The van der Waals surface area contributed by atoms with Gasteiger partial charge in [0.15, 0.2) is 0 Å². The Labute approximate surface area is 132 Å². The van der Waals surface area contributed by atoms with Gasteiger partial charge in [0, 0.05) is 12.5 Å². The molecule has 0 heterocycles. The lowest BCUT2D eigenvalue weighted by molar-refractivity contribution is -0.0379. The highest BCUT2D eigenvalue weighted by Crippen LogP contribution is 2.62. The van der Waals surface area contributed by atoms with Gasteiger partial charge in [-0.2, -0.15) is 0 Å². The Morgan fingerprint density at radius 3 is 2.86 bits per heavy atom. The van der Waals surface area contributed by atoms with E-state index in [2.05, 4.69) is 13.0 Å². The number of aromatic hydroxyl groups is 1. The number of aliphatic hydroxyl groups is 2. The summed E-state index contributed by atoms with van der Waals surface area (Å²) in [5, 5.41) is 30.0. The van der Waals surface area contributed by atoms with Gasteiger partial charge in [0.05, 0.1) is 6.10 Å². The van der Waals surface area contributed by atoms with Crippen LogP contribution in [0.15, 0.2) is 18.2 Å². The summed E-state index contributed by atoms with van der Waals surface area (Å²) in [5.41, 5.74) is 2.70. The van der Waals surface area contributed by atoms with Gasteiger partial charge < -0.3 is 15.3 Å². The summed E-state index contributed by atoms with van der Waals surface area (Å²) < 4.78 is 0. The Morgan fingerprint density at radius 2 is 2.09 bits per heavy atom. The molecule has 3 N–H and O–H groups in total. The van der Waals surface area contributed by atoms with Crippen LogP contribution in [0.25, 0.3) is 0 Å². The summed E-state index contributed by atoms with van der Waals surface area (Å²) in [5.74, 6) is 2.11. The SMILES string of the molecule is C[C@]12CCC3c4ccc(O)cc4CCC3C1C[C@H](CO)[C@@H]2O. The van der Waals surface area contributed by atoms with Gasteiger partial charge in [0.25, 0.3) is 0 Å². The first-order valence-electron chi connectivity index (χ1n) is 8.65. The molecule has 0 saturated heterocycles. The van der Waals surface area contributed by atoms with Crippen molar-refractivity contribution in [3.63, 3.8) is 0 Å². The second-order valence-corrected chi connectivity index (χ2v) is 7.97. The number of rotatable bonds is 1. The highest BCUT2D eigenvalue weighted by atomic mass is 16.3. The fraction of sp³-hybridized carbons (Fsp3) is 0.684. The molecule has 3 unspecified atom stereocenters. The smallest absolute Gasteiger partial charge is 0.115 e. The van der Waals surface area contributed by atoms with E-state index < -0.39 is 0 Å². The third-order valence-electron chi connectivity index (χ3n) is 7.06. The Morgan fingerprint density at radius 1 is 1.27 bits per heavy atom. The second-order valence-electron chi connectivity index (χ2n) is 7.97. The van der Waals surface area contributed by atoms with Crippen molar-refractivity contribution in [3.05, 3.63) is 29.3 Å². The molecular formula is C19H26O3. The molecule has 22 heavy (non-hydrogen) atoms. The quantitative estimate of drug-likeness (QED) is 0.747. The fourth-order valence-corrected chi connectivity index (χ4v) is 5.90. The van der Waals surface area contributed by atoms with E-state index in [0.717, 1.165) is 32.1 Å². The number of phenolic OH excluding ortho intramolecular Hbond substituents is 1. The van der Waals surface area contributed by atoms with Crippen LogP contribution in [0.1, 0.15) is 49.7 Å². The van der Waals surface area contributed by atoms with Crippen LogP contribution >= 0.6 is 0 Å². The van der Waals surface area contributed by atoms with Crippen LogP contribution in [0.2, 0.25) is 0 Å². The first-order valence-corrected chi connectivity index (χ1v) is 8.65. The number of aliphatic hydroxyl groups excluding tert-OH is 2. The molecule has 120 valence electrons. The molecule has 1 aromatic rings. The van der Waals surface area contributed by atoms with Crippen LogP contribution in [0.3, 0.4) is 0 Å². The van der Waals surface area contributed by atoms with E-state index in [0.29, 0.717) is 23.5 Å². The van der Waals surface area contributed by atoms with Gasteiger partial charge in [-0.15, -0.1) is 0 Å². The molecule has 0 aliphatic heterocycles. The third-order valence-corrected chi connectivity index (χ3v) is 7.06. The summed E-state index contributed by atoms with van der Waals surface area (Å²) in [6, 6.07) is 5.85. The summed E-state index contributed by atoms with van der Waals surface area (Å²) >= 11 is 0. The molecule has 0 spiro atoms. The van der Waals surface area contributed by atoms with Crippen molar-refractivity contribution in [1.82, 2.24) is 0 Å². The van der Waals surface area contributed by atoms with Crippen LogP contribution in [0, 0.1) is 23.2 Å². The highest BCUT2D eigenvalue weighted by molar-refractivity contribution is 5.40. The monoisotopic (exact) mass is 302 g/mol. The predicted octanol–water partition coefficient (Wildman–Crippen LogP) is 2.83. The molecule has 4 rings (SSSR count). The van der Waals surface area contributed by atoms with E-state index in [1.165, 1.54) is 11.1 Å². The first kappa shape index (κ1) is 14.5.